The summed E-state index contributed by atoms with van der Waals surface area (Å²) >= 11 is 0. The zero-order chi connectivity index (χ0) is 7.56. The summed E-state index contributed by atoms with van der Waals surface area (Å²) in [4.78, 5) is 0. The lowest BCUT2D eigenvalue weighted by molar-refractivity contribution is 0.194. The van der Waals surface area contributed by atoms with Crippen molar-refractivity contribution in [2.45, 2.75) is 32.0 Å². The van der Waals surface area contributed by atoms with Crippen molar-refractivity contribution >= 4 is 0 Å². The molecule has 2 unspecified atom stereocenters. The smallest absolute Gasteiger partial charge is 0.0749 e. The molecular formula is C8H14O2. The molecule has 0 radical (unpaired) electrons. The van der Waals surface area contributed by atoms with Gasteiger partial charge in [-0.3, -0.25) is 0 Å². The van der Waals surface area contributed by atoms with Crippen LogP contribution < -0.4 is 0 Å². The SMILES string of the molecule is CC(O)/C=C/C(O)C1CC1. The standard InChI is InChI=1S/C8H14O2/c1-6(9)2-5-8(10)7-3-4-7/h2,5-10H,3-4H2,1H3/b5-2+. The normalized spacial score (nSPS) is 25.1. The fraction of sp³-hybridized carbons (Fsp3) is 0.750. The first-order valence-corrected chi connectivity index (χ1v) is 3.74. The molecule has 1 rings (SSSR count). The molecule has 0 aromatic carbocycles. The third-order valence-electron chi connectivity index (χ3n) is 1.69. The molecule has 10 heavy (non-hydrogen) atoms. The molecule has 0 saturated heterocycles. The van der Waals surface area contributed by atoms with Gasteiger partial charge in [-0.2, -0.15) is 0 Å². The molecule has 1 aliphatic rings. The topological polar surface area (TPSA) is 40.5 Å². The van der Waals surface area contributed by atoms with Crippen molar-refractivity contribution in [2.75, 3.05) is 0 Å². The average Bonchev–Trinajstić information content (AvgIpc) is 2.63. The van der Waals surface area contributed by atoms with Gasteiger partial charge in [0.05, 0.1) is 12.2 Å². The molecule has 2 nitrogen and oxygen atoms in total. The fourth-order valence-corrected chi connectivity index (χ4v) is 0.870. The van der Waals surface area contributed by atoms with Crippen molar-refractivity contribution in [1.82, 2.24) is 0 Å². The van der Waals surface area contributed by atoms with Crippen LogP contribution in [0.5, 0.6) is 0 Å². The first kappa shape index (κ1) is 7.76. The van der Waals surface area contributed by atoms with E-state index in [-0.39, 0.29) is 6.10 Å². The molecule has 2 atom stereocenters. The number of hydrogen-bond donors (Lipinski definition) is 2. The van der Waals surface area contributed by atoms with Crippen molar-refractivity contribution in [2.24, 2.45) is 5.92 Å². The molecule has 58 valence electrons. The van der Waals surface area contributed by atoms with E-state index in [2.05, 4.69) is 0 Å². The van der Waals surface area contributed by atoms with Gasteiger partial charge in [-0.15, -0.1) is 0 Å². The van der Waals surface area contributed by atoms with Crippen LogP contribution in [0.15, 0.2) is 12.2 Å². The summed E-state index contributed by atoms with van der Waals surface area (Å²) in [6.45, 7) is 1.68. The average molecular weight is 142 g/mol. The van der Waals surface area contributed by atoms with Gasteiger partial charge >= 0.3 is 0 Å². The molecule has 2 heteroatoms. The molecule has 0 heterocycles. The lowest BCUT2D eigenvalue weighted by Gasteiger charge is -2.01. The fourth-order valence-electron chi connectivity index (χ4n) is 0.870. The monoisotopic (exact) mass is 142 g/mol. The predicted molar refractivity (Wildman–Crippen MR) is 39.6 cm³/mol. The molecule has 1 fully saturated rings. The Morgan fingerprint density at radius 1 is 1.30 bits per heavy atom. The van der Waals surface area contributed by atoms with Crippen molar-refractivity contribution in [3.63, 3.8) is 0 Å². The molecule has 1 saturated carbocycles. The first-order valence-electron chi connectivity index (χ1n) is 3.74. The number of aliphatic hydroxyl groups is 2. The van der Waals surface area contributed by atoms with E-state index in [0.717, 1.165) is 12.8 Å². The minimum Gasteiger partial charge on any atom is -0.389 e. The van der Waals surface area contributed by atoms with Crippen molar-refractivity contribution in [3.8, 4) is 0 Å². The maximum absolute atomic E-state index is 9.24. The van der Waals surface area contributed by atoms with Crippen LogP contribution in [0.2, 0.25) is 0 Å². The zero-order valence-corrected chi connectivity index (χ0v) is 6.20. The second kappa shape index (κ2) is 3.17. The molecule has 0 aromatic rings. The van der Waals surface area contributed by atoms with Gasteiger partial charge < -0.3 is 10.2 Å². The highest BCUT2D eigenvalue weighted by Crippen LogP contribution is 2.32. The van der Waals surface area contributed by atoms with Gasteiger partial charge in [0.1, 0.15) is 0 Å². The molecular weight excluding hydrogens is 128 g/mol. The van der Waals surface area contributed by atoms with E-state index in [1.807, 2.05) is 0 Å². The highest BCUT2D eigenvalue weighted by atomic mass is 16.3. The summed E-state index contributed by atoms with van der Waals surface area (Å²) in [5.41, 5.74) is 0. The number of hydrogen-bond acceptors (Lipinski definition) is 2. The van der Waals surface area contributed by atoms with E-state index in [0.29, 0.717) is 5.92 Å². The number of rotatable bonds is 3. The molecule has 0 amide bonds. The maximum atomic E-state index is 9.24. The van der Waals surface area contributed by atoms with Gasteiger partial charge in [-0.1, -0.05) is 12.2 Å². The minimum atomic E-state index is -0.437. The Morgan fingerprint density at radius 3 is 2.30 bits per heavy atom. The van der Waals surface area contributed by atoms with Gasteiger partial charge in [-0.05, 0) is 25.7 Å². The van der Waals surface area contributed by atoms with Crippen LogP contribution in [0.1, 0.15) is 19.8 Å². The number of aliphatic hydroxyl groups excluding tert-OH is 2. The molecule has 1 aliphatic carbocycles. The van der Waals surface area contributed by atoms with E-state index in [1.165, 1.54) is 0 Å². The van der Waals surface area contributed by atoms with Gasteiger partial charge in [-0.25, -0.2) is 0 Å². The Morgan fingerprint density at radius 2 is 1.90 bits per heavy atom. The molecule has 0 aliphatic heterocycles. The Kier molecular flexibility index (Phi) is 2.46. The molecule has 0 aromatic heterocycles. The van der Waals surface area contributed by atoms with Crippen molar-refractivity contribution in [3.05, 3.63) is 12.2 Å². The first-order chi connectivity index (χ1) is 4.70. The Balaban J connectivity index is 2.21. The van der Waals surface area contributed by atoms with E-state index in [9.17, 15) is 5.11 Å². The molecule has 2 N–H and O–H groups in total. The van der Waals surface area contributed by atoms with Gasteiger partial charge in [0.2, 0.25) is 0 Å². The van der Waals surface area contributed by atoms with Crippen molar-refractivity contribution < 1.29 is 10.2 Å². The maximum Gasteiger partial charge on any atom is 0.0749 e. The van der Waals surface area contributed by atoms with Crippen LogP contribution in [0.4, 0.5) is 0 Å². The largest absolute Gasteiger partial charge is 0.389 e. The van der Waals surface area contributed by atoms with Crippen LogP contribution in [0.3, 0.4) is 0 Å². The second-order valence-electron chi connectivity index (χ2n) is 2.95. The summed E-state index contributed by atoms with van der Waals surface area (Å²) in [7, 11) is 0. The second-order valence-corrected chi connectivity index (χ2v) is 2.95. The molecule has 0 bridgehead atoms. The van der Waals surface area contributed by atoms with E-state index in [1.54, 1.807) is 19.1 Å². The Labute approximate surface area is 61.2 Å². The summed E-state index contributed by atoms with van der Waals surface area (Å²) in [5.74, 6) is 0.468. The van der Waals surface area contributed by atoms with Crippen LogP contribution >= 0.6 is 0 Å². The third kappa shape index (κ3) is 2.50. The lowest BCUT2D eigenvalue weighted by Crippen LogP contribution is -2.05. The summed E-state index contributed by atoms with van der Waals surface area (Å²) in [6.07, 6.45) is 4.81. The highest BCUT2D eigenvalue weighted by Gasteiger charge is 2.27. The van der Waals surface area contributed by atoms with Crippen LogP contribution in [-0.4, -0.2) is 22.4 Å². The highest BCUT2D eigenvalue weighted by molar-refractivity contribution is 4.98. The Hall–Kier alpha value is -0.340. The van der Waals surface area contributed by atoms with Gasteiger partial charge in [0.25, 0.3) is 0 Å². The quantitative estimate of drug-likeness (QED) is 0.569. The minimum absolute atomic E-state index is 0.324. The van der Waals surface area contributed by atoms with Gasteiger partial charge in [0.15, 0.2) is 0 Å². The van der Waals surface area contributed by atoms with Crippen LogP contribution in [-0.2, 0) is 0 Å². The summed E-state index contributed by atoms with van der Waals surface area (Å²) in [5, 5.41) is 18.0. The summed E-state index contributed by atoms with van der Waals surface area (Å²) < 4.78 is 0. The summed E-state index contributed by atoms with van der Waals surface area (Å²) in [6, 6.07) is 0. The molecule has 0 spiro atoms. The van der Waals surface area contributed by atoms with E-state index < -0.39 is 6.10 Å². The third-order valence-corrected chi connectivity index (χ3v) is 1.69. The van der Waals surface area contributed by atoms with E-state index >= 15 is 0 Å². The van der Waals surface area contributed by atoms with Crippen LogP contribution in [0, 0.1) is 5.92 Å². The Bertz CT molecular complexity index is 125. The van der Waals surface area contributed by atoms with Crippen molar-refractivity contribution in [1.29, 1.82) is 0 Å². The zero-order valence-electron chi connectivity index (χ0n) is 6.20. The van der Waals surface area contributed by atoms with E-state index in [4.69, 9.17) is 5.11 Å². The predicted octanol–water partition coefficient (Wildman–Crippen LogP) is 0.694. The van der Waals surface area contributed by atoms with Crippen LogP contribution in [0.25, 0.3) is 0 Å². The lowest BCUT2D eigenvalue weighted by atomic mass is 10.2. The van der Waals surface area contributed by atoms with Gasteiger partial charge in [0, 0.05) is 0 Å².